The molecule has 1 unspecified atom stereocenters. The van der Waals surface area contributed by atoms with Gasteiger partial charge in [-0.05, 0) is 86.0 Å². The average Bonchev–Trinajstić information content (AvgIpc) is 3.45. The fraction of sp³-hybridized carbons (Fsp3) is 0.300. The highest BCUT2D eigenvalue weighted by Crippen LogP contribution is 2.43. The second-order valence-corrected chi connectivity index (χ2v) is 11.3. The molecule has 190 valence electrons. The number of urea groups is 1. The number of thiophene rings is 1. The summed E-state index contributed by atoms with van der Waals surface area (Å²) in [5.41, 5.74) is 7.92. The number of hydrogen-bond donors (Lipinski definition) is 1. The van der Waals surface area contributed by atoms with Crippen LogP contribution in [0.5, 0.6) is 5.75 Å². The van der Waals surface area contributed by atoms with Gasteiger partial charge in [0.15, 0.2) is 0 Å². The lowest BCUT2D eigenvalue weighted by molar-refractivity contribution is 0.194. The van der Waals surface area contributed by atoms with Crippen molar-refractivity contribution < 1.29 is 9.53 Å². The van der Waals surface area contributed by atoms with Crippen LogP contribution in [0, 0.1) is 13.8 Å². The molecule has 6 nitrogen and oxygen atoms in total. The molecule has 37 heavy (non-hydrogen) atoms. The number of carbonyl (C=O) groups excluding carboxylic acids is 1. The maximum atomic E-state index is 14.1. The van der Waals surface area contributed by atoms with Crippen LogP contribution in [-0.4, -0.2) is 41.1 Å². The van der Waals surface area contributed by atoms with Gasteiger partial charge in [0.05, 0.1) is 25.4 Å². The molecule has 0 fully saturated rings. The van der Waals surface area contributed by atoms with Crippen molar-refractivity contribution in [2.75, 3.05) is 26.0 Å². The molecule has 1 N–H and O–H groups in total. The van der Waals surface area contributed by atoms with Crippen molar-refractivity contribution >= 4 is 23.1 Å². The van der Waals surface area contributed by atoms with Crippen LogP contribution in [0.15, 0.2) is 60.8 Å². The van der Waals surface area contributed by atoms with Gasteiger partial charge in [-0.3, -0.25) is 0 Å². The standard InChI is InChI=1S/C30H32N4O2S/c1-19-14-20(2)16-22(15-19)31-30(35)34-17-25-24-11-13-32(3)18-27(24)37-29(25)33-12-5-6-26(33)28(34)21-7-9-23(36-4)10-8-21/h5-10,12,14-16,28H,11,13,17-18H2,1-4H3,(H,31,35). The van der Waals surface area contributed by atoms with E-state index in [9.17, 15) is 4.79 Å². The molecule has 0 saturated carbocycles. The van der Waals surface area contributed by atoms with Gasteiger partial charge in [-0.25, -0.2) is 4.79 Å². The largest absolute Gasteiger partial charge is 0.497 e. The second-order valence-electron chi connectivity index (χ2n) is 10.2. The molecule has 4 aromatic rings. The highest BCUT2D eigenvalue weighted by molar-refractivity contribution is 7.15. The summed E-state index contributed by atoms with van der Waals surface area (Å²) in [6.07, 6.45) is 3.15. The summed E-state index contributed by atoms with van der Waals surface area (Å²) in [6, 6.07) is 18.2. The Morgan fingerprint density at radius 3 is 2.51 bits per heavy atom. The van der Waals surface area contributed by atoms with E-state index in [1.54, 1.807) is 7.11 Å². The Morgan fingerprint density at radius 2 is 1.78 bits per heavy atom. The number of ether oxygens (including phenoxy) is 1. The molecule has 0 radical (unpaired) electrons. The third kappa shape index (κ3) is 4.32. The predicted octanol–water partition coefficient (Wildman–Crippen LogP) is 6.29. The lowest BCUT2D eigenvalue weighted by Gasteiger charge is -2.32. The van der Waals surface area contributed by atoms with Crippen molar-refractivity contribution in [2.24, 2.45) is 0 Å². The first-order valence-electron chi connectivity index (χ1n) is 12.7. The Morgan fingerprint density at radius 1 is 1.03 bits per heavy atom. The molecular formula is C30H32N4O2S. The Labute approximate surface area is 222 Å². The number of likely N-dealkylation sites (N-methyl/N-ethyl adjacent to an activating group) is 1. The average molecular weight is 513 g/mol. The van der Waals surface area contributed by atoms with Crippen molar-refractivity contribution in [2.45, 2.75) is 39.4 Å². The molecule has 6 rings (SSSR count). The number of amides is 2. The van der Waals surface area contributed by atoms with Crippen LogP contribution in [0.2, 0.25) is 0 Å². The highest BCUT2D eigenvalue weighted by Gasteiger charge is 2.36. The number of aryl methyl sites for hydroxylation is 2. The Bertz CT molecular complexity index is 1450. The summed E-state index contributed by atoms with van der Waals surface area (Å²) < 4.78 is 7.72. The third-order valence-electron chi connectivity index (χ3n) is 7.42. The van der Waals surface area contributed by atoms with E-state index in [1.165, 1.54) is 21.0 Å². The number of fused-ring (bicyclic) bond motifs is 5. The number of nitrogens with zero attached hydrogens (tertiary/aromatic N) is 3. The fourth-order valence-corrected chi connectivity index (χ4v) is 7.17. The Balaban J connectivity index is 1.48. The Hall–Kier alpha value is -3.55. The monoisotopic (exact) mass is 512 g/mol. The van der Waals surface area contributed by atoms with Crippen molar-refractivity contribution in [1.82, 2.24) is 14.4 Å². The first kappa shape index (κ1) is 23.8. The summed E-state index contributed by atoms with van der Waals surface area (Å²) >= 11 is 1.87. The van der Waals surface area contributed by atoms with E-state index < -0.39 is 0 Å². The molecule has 2 aliphatic rings. The van der Waals surface area contributed by atoms with Crippen LogP contribution in [-0.2, 0) is 19.5 Å². The number of methoxy groups -OCH3 is 1. The van der Waals surface area contributed by atoms with E-state index in [1.807, 2.05) is 40.5 Å². The van der Waals surface area contributed by atoms with Crippen molar-refractivity contribution in [3.63, 3.8) is 0 Å². The molecule has 1 atom stereocenters. The van der Waals surface area contributed by atoms with Gasteiger partial charge in [0, 0.05) is 35.4 Å². The number of aromatic nitrogens is 1. The van der Waals surface area contributed by atoms with Crippen molar-refractivity contribution in [3.8, 4) is 10.8 Å². The fourth-order valence-electron chi connectivity index (χ4n) is 5.73. The van der Waals surface area contributed by atoms with Crippen LogP contribution >= 0.6 is 11.3 Å². The number of carbonyl (C=O) groups is 1. The molecule has 4 heterocycles. The zero-order valence-electron chi connectivity index (χ0n) is 21.7. The number of hydrogen-bond acceptors (Lipinski definition) is 4. The van der Waals surface area contributed by atoms with Crippen LogP contribution in [0.4, 0.5) is 10.5 Å². The van der Waals surface area contributed by atoms with E-state index in [0.717, 1.165) is 53.3 Å². The first-order valence-corrected chi connectivity index (χ1v) is 13.5. The van der Waals surface area contributed by atoms with Crippen LogP contribution in [0.25, 0.3) is 5.00 Å². The number of nitrogens with one attached hydrogen (secondary N) is 1. The summed E-state index contributed by atoms with van der Waals surface area (Å²) in [6.45, 7) is 6.66. The van der Waals surface area contributed by atoms with Gasteiger partial charge in [0.2, 0.25) is 0 Å². The summed E-state index contributed by atoms with van der Waals surface area (Å²) in [7, 11) is 3.85. The third-order valence-corrected chi connectivity index (χ3v) is 8.68. The van der Waals surface area contributed by atoms with Crippen LogP contribution in [0.3, 0.4) is 0 Å². The Kier molecular flexibility index (Phi) is 6.05. The van der Waals surface area contributed by atoms with Gasteiger partial charge in [-0.2, -0.15) is 0 Å². The maximum absolute atomic E-state index is 14.1. The summed E-state index contributed by atoms with van der Waals surface area (Å²) in [5.74, 6) is 0.802. The van der Waals surface area contributed by atoms with Gasteiger partial charge in [-0.1, -0.05) is 18.2 Å². The molecule has 0 bridgehead atoms. The molecule has 2 amide bonds. The van der Waals surface area contributed by atoms with E-state index in [0.29, 0.717) is 6.54 Å². The molecule has 0 spiro atoms. The lowest BCUT2D eigenvalue weighted by atomic mass is 10.00. The minimum atomic E-state index is -0.242. The summed E-state index contributed by atoms with van der Waals surface area (Å²) in [4.78, 5) is 19.9. The number of anilines is 1. The van der Waals surface area contributed by atoms with Crippen LogP contribution < -0.4 is 10.1 Å². The SMILES string of the molecule is COc1ccc(C2c3cccn3-c3sc4c(c3CN2C(=O)Nc2cc(C)cc(C)c2)CCN(C)C4)cc1. The molecule has 2 aromatic heterocycles. The predicted molar refractivity (Wildman–Crippen MR) is 149 cm³/mol. The van der Waals surface area contributed by atoms with Crippen LogP contribution in [0.1, 0.15) is 44.4 Å². The lowest BCUT2D eigenvalue weighted by Crippen LogP contribution is -2.38. The molecular weight excluding hydrogens is 480 g/mol. The molecule has 2 aliphatic heterocycles. The van der Waals surface area contributed by atoms with Gasteiger partial charge >= 0.3 is 6.03 Å². The maximum Gasteiger partial charge on any atom is 0.322 e. The van der Waals surface area contributed by atoms with Gasteiger partial charge in [0.1, 0.15) is 10.8 Å². The smallest absolute Gasteiger partial charge is 0.322 e. The minimum absolute atomic E-state index is 0.0979. The molecule has 7 heteroatoms. The van der Waals surface area contributed by atoms with Gasteiger partial charge < -0.3 is 24.4 Å². The quantitative estimate of drug-likeness (QED) is 0.351. The van der Waals surface area contributed by atoms with E-state index in [-0.39, 0.29) is 12.1 Å². The molecule has 2 aromatic carbocycles. The number of rotatable bonds is 3. The molecule has 0 saturated heterocycles. The van der Waals surface area contributed by atoms with Crippen molar-refractivity contribution in [3.05, 3.63) is 99.2 Å². The minimum Gasteiger partial charge on any atom is -0.497 e. The second kappa shape index (κ2) is 9.39. The summed E-state index contributed by atoms with van der Waals surface area (Å²) in [5, 5.41) is 4.46. The topological polar surface area (TPSA) is 49.7 Å². The zero-order valence-corrected chi connectivity index (χ0v) is 22.6. The van der Waals surface area contributed by atoms with E-state index >= 15 is 0 Å². The van der Waals surface area contributed by atoms with E-state index in [2.05, 4.69) is 72.2 Å². The highest BCUT2D eigenvalue weighted by atomic mass is 32.1. The molecule has 0 aliphatic carbocycles. The van der Waals surface area contributed by atoms with Gasteiger partial charge in [0.25, 0.3) is 0 Å². The van der Waals surface area contributed by atoms with Gasteiger partial charge in [-0.15, -0.1) is 11.3 Å². The number of benzene rings is 2. The van der Waals surface area contributed by atoms with Crippen molar-refractivity contribution in [1.29, 1.82) is 0 Å². The zero-order chi connectivity index (χ0) is 25.7. The normalized spacial score (nSPS) is 17.0. The first-order chi connectivity index (χ1) is 17.9. The van der Waals surface area contributed by atoms with E-state index in [4.69, 9.17) is 4.74 Å².